The predicted molar refractivity (Wildman–Crippen MR) is 168 cm³/mol. The zero-order valence-corrected chi connectivity index (χ0v) is 27.7. The van der Waals surface area contributed by atoms with Gasteiger partial charge in [0.2, 0.25) is 0 Å². The van der Waals surface area contributed by atoms with Crippen LogP contribution in [0.15, 0.2) is 42.9 Å². The summed E-state index contributed by atoms with van der Waals surface area (Å²) in [7, 11) is 8.31. The van der Waals surface area contributed by atoms with Gasteiger partial charge in [-0.2, -0.15) is 0 Å². The van der Waals surface area contributed by atoms with Crippen molar-refractivity contribution in [2.24, 2.45) is 0 Å². The number of carboxylic acids is 1. The molecule has 0 saturated carbocycles. The summed E-state index contributed by atoms with van der Waals surface area (Å²) in [5, 5.41) is 7.42. The van der Waals surface area contributed by atoms with Crippen LogP contribution in [0, 0.1) is 6.92 Å². The third-order valence-electron chi connectivity index (χ3n) is 5.66. The number of hydrogen-bond donors (Lipinski definition) is 1. The highest BCUT2D eigenvalue weighted by Gasteiger charge is 2.07. The molecule has 0 aliphatic carbocycles. The minimum atomic E-state index is -0.833. The lowest BCUT2D eigenvalue weighted by Crippen LogP contribution is -3.00. The van der Waals surface area contributed by atoms with Crippen LogP contribution in [0.2, 0.25) is 0 Å². The first-order valence-electron chi connectivity index (χ1n) is 13.2. The summed E-state index contributed by atoms with van der Waals surface area (Å²) in [5.74, 6) is -0.833. The van der Waals surface area contributed by atoms with Crippen molar-refractivity contribution in [2.75, 3.05) is 38.0 Å². The van der Waals surface area contributed by atoms with Crippen LogP contribution in [0.4, 0.5) is 11.4 Å². The molecular weight excluding hydrogens is 632 g/mol. The van der Waals surface area contributed by atoms with Crippen molar-refractivity contribution in [2.45, 2.75) is 114 Å². The second-order valence-corrected chi connectivity index (χ2v) is 9.44. The Balaban J connectivity index is -0.000000115. The van der Waals surface area contributed by atoms with Crippen molar-refractivity contribution in [3.05, 3.63) is 48.5 Å². The molecular formula is C32H64Br2N4O2. The average Bonchev–Trinajstić information content (AvgIpc) is 2.80. The van der Waals surface area contributed by atoms with Crippen LogP contribution in [-0.2, 0) is 17.9 Å². The van der Waals surface area contributed by atoms with Gasteiger partial charge in [0, 0.05) is 90.5 Å². The van der Waals surface area contributed by atoms with E-state index in [4.69, 9.17) is 9.90 Å². The highest BCUT2D eigenvalue weighted by atomic mass is 79.9. The molecule has 0 bridgehead atoms. The second-order valence-electron chi connectivity index (χ2n) is 9.44. The third-order valence-corrected chi connectivity index (χ3v) is 5.66. The molecule has 0 fully saturated rings. The van der Waals surface area contributed by atoms with Crippen molar-refractivity contribution < 1.29 is 53.0 Å². The van der Waals surface area contributed by atoms with Gasteiger partial charge in [0.15, 0.2) is 24.3 Å². The summed E-state index contributed by atoms with van der Waals surface area (Å²) >= 11 is 0. The minimum Gasteiger partial charge on any atom is -1.00 e. The van der Waals surface area contributed by atoms with Crippen LogP contribution in [0.1, 0.15) is 100 Å². The Kier molecular flexibility index (Phi) is 40.7. The maximum atomic E-state index is 9.00. The highest BCUT2D eigenvalue weighted by Crippen LogP contribution is 2.10. The zero-order valence-electron chi connectivity index (χ0n) is 24.5. The first-order chi connectivity index (χ1) is 16.6. The zero-order chi connectivity index (χ0) is 26.6. The first-order valence-corrected chi connectivity index (χ1v) is 13.2. The van der Waals surface area contributed by atoms with E-state index in [1.165, 1.54) is 68.4 Å². The molecule has 6 nitrogen and oxygen atoms in total. The summed E-state index contributed by atoms with van der Waals surface area (Å²) in [6.45, 7) is 10.1. The van der Waals surface area contributed by atoms with E-state index < -0.39 is 5.97 Å². The molecule has 238 valence electrons. The van der Waals surface area contributed by atoms with Crippen molar-refractivity contribution in [1.82, 2.24) is 0 Å². The number of aromatic nitrogens is 2. The van der Waals surface area contributed by atoms with E-state index in [1.807, 2.05) is 0 Å². The number of halogens is 2. The lowest BCUT2D eigenvalue weighted by Gasteiger charge is -2.12. The van der Waals surface area contributed by atoms with Crippen molar-refractivity contribution in [3.8, 4) is 0 Å². The number of carbonyl (C=O) groups is 1. The summed E-state index contributed by atoms with van der Waals surface area (Å²) in [5.41, 5.74) is 3.89. The minimum absolute atomic E-state index is 0. The number of anilines is 2. The van der Waals surface area contributed by atoms with E-state index in [1.54, 1.807) is 0 Å². The lowest BCUT2D eigenvalue weighted by molar-refractivity contribution is -0.703. The van der Waals surface area contributed by atoms with Gasteiger partial charge in [-0.05, 0) is 12.8 Å². The molecule has 0 saturated heterocycles. The van der Waals surface area contributed by atoms with E-state index >= 15 is 0 Å². The fraction of sp³-hybridized carbons (Fsp3) is 0.656. The Morgan fingerprint density at radius 2 is 1.12 bits per heavy atom. The molecule has 2 aromatic rings. The summed E-state index contributed by atoms with van der Waals surface area (Å²) < 4.78 is 4.62. The predicted octanol–water partition coefficient (Wildman–Crippen LogP) is 1.56. The van der Waals surface area contributed by atoms with Crippen LogP contribution >= 0.6 is 0 Å². The molecule has 0 unspecified atom stereocenters. The van der Waals surface area contributed by atoms with E-state index in [2.05, 4.69) is 111 Å². The van der Waals surface area contributed by atoms with Gasteiger partial charge in [-0.3, -0.25) is 4.79 Å². The standard InChI is InChI=1S/C14H25N2.C13H23N2.C2H4O2.3CH4.2BrH/c1-5-6-7-8-10-16-11-9-14(15(3)4)12-13(16)2;1-4-5-6-7-10-15-11-8-13(9-12-15)14(2)3;1-2(3)4;;;;;/h9,11-12H,5-8,10H2,1-4H3;8-9,11-12H,4-7,10H2,1-3H3;1H3,(H,3,4);3*1H4;2*1H/q2*+1;;;;;;/p-2. The van der Waals surface area contributed by atoms with Crippen LogP contribution < -0.4 is 52.9 Å². The SMILES string of the molecule is C.C.C.CC(=O)O.CCCCCC[n+]1ccc(N(C)C)cc1.CCCCCC[n+]1ccc(N(C)C)cc1C.[Br-].[Br-]. The summed E-state index contributed by atoms with van der Waals surface area (Å²) in [4.78, 5) is 13.3. The number of nitrogens with zero attached hydrogens (tertiary/aromatic N) is 4. The Labute approximate surface area is 270 Å². The molecule has 0 radical (unpaired) electrons. The van der Waals surface area contributed by atoms with E-state index in [-0.39, 0.29) is 56.2 Å². The largest absolute Gasteiger partial charge is 1.00 e. The van der Waals surface area contributed by atoms with Crippen LogP contribution in [-0.4, -0.2) is 39.3 Å². The van der Waals surface area contributed by atoms with Gasteiger partial charge in [-0.1, -0.05) is 61.8 Å². The highest BCUT2D eigenvalue weighted by molar-refractivity contribution is 5.62. The van der Waals surface area contributed by atoms with Crippen molar-refractivity contribution >= 4 is 17.3 Å². The van der Waals surface area contributed by atoms with Crippen LogP contribution in [0.25, 0.3) is 0 Å². The maximum absolute atomic E-state index is 9.00. The van der Waals surface area contributed by atoms with Gasteiger partial charge < -0.3 is 48.9 Å². The number of pyridine rings is 2. The van der Waals surface area contributed by atoms with E-state index in [0.717, 1.165) is 20.0 Å². The van der Waals surface area contributed by atoms with Gasteiger partial charge in [-0.15, -0.1) is 0 Å². The summed E-state index contributed by atoms with van der Waals surface area (Å²) in [6, 6.07) is 8.77. The Bertz CT molecular complexity index is 813. The quantitative estimate of drug-likeness (QED) is 0.271. The number of aryl methyl sites for hydroxylation is 3. The van der Waals surface area contributed by atoms with Crippen molar-refractivity contribution in [3.63, 3.8) is 0 Å². The molecule has 2 heterocycles. The average molecular weight is 697 g/mol. The molecule has 40 heavy (non-hydrogen) atoms. The molecule has 0 amide bonds. The Hall–Kier alpha value is -1.67. The normalized spacial score (nSPS) is 8.70. The first kappa shape index (κ1) is 51.1. The van der Waals surface area contributed by atoms with Crippen LogP contribution in [0.3, 0.4) is 0 Å². The molecule has 1 N–H and O–H groups in total. The topological polar surface area (TPSA) is 51.5 Å². The molecule has 0 aliphatic rings. The monoisotopic (exact) mass is 694 g/mol. The van der Waals surface area contributed by atoms with Crippen LogP contribution in [0.5, 0.6) is 0 Å². The third kappa shape index (κ3) is 26.5. The summed E-state index contributed by atoms with van der Waals surface area (Å²) in [6.07, 6.45) is 17.1. The number of hydrogen-bond acceptors (Lipinski definition) is 3. The second kappa shape index (κ2) is 31.9. The molecule has 2 rings (SSSR count). The molecule has 0 spiro atoms. The lowest BCUT2D eigenvalue weighted by atomic mass is 10.2. The molecule has 0 aliphatic heterocycles. The Morgan fingerprint density at radius 3 is 1.50 bits per heavy atom. The van der Waals surface area contributed by atoms with Gasteiger partial charge in [-0.25, -0.2) is 9.13 Å². The van der Waals surface area contributed by atoms with Gasteiger partial charge in [0.25, 0.3) is 5.97 Å². The fourth-order valence-electron chi connectivity index (χ4n) is 3.48. The fourth-order valence-corrected chi connectivity index (χ4v) is 3.48. The number of rotatable bonds is 12. The maximum Gasteiger partial charge on any atom is 0.300 e. The van der Waals surface area contributed by atoms with E-state index in [0.29, 0.717) is 0 Å². The Morgan fingerprint density at radius 1 is 0.725 bits per heavy atom. The molecule has 2 aromatic heterocycles. The number of unbranched alkanes of at least 4 members (excludes halogenated alkanes) is 6. The van der Waals surface area contributed by atoms with Gasteiger partial charge >= 0.3 is 0 Å². The smallest absolute Gasteiger partial charge is 0.300 e. The van der Waals surface area contributed by atoms with Crippen molar-refractivity contribution in [1.29, 1.82) is 0 Å². The van der Waals surface area contributed by atoms with E-state index in [9.17, 15) is 0 Å². The van der Waals surface area contributed by atoms with Gasteiger partial charge in [0.1, 0.15) is 13.1 Å². The number of carboxylic acid groups (broad SMARTS) is 1. The molecule has 0 aromatic carbocycles. The van der Waals surface area contributed by atoms with Gasteiger partial charge in [0.05, 0.1) is 0 Å². The molecule has 0 atom stereocenters. The number of aliphatic carboxylic acids is 1. The molecule has 8 heteroatoms.